The maximum Gasteiger partial charge on any atom is 0.168 e. The minimum absolute atomic E-state index is 0.128. The van der Waals surface area contributed by atoms with E-state index in [0.29, 0.717) is 23.1 Å². The fourth-order valence-corrected chi connectivity index (χ4v) is 4.09. The molecule has 158 valence electrons. The Morgan fingerprint density at radius 2 is 1.80 bits per heavy atom. The van der Waals surface area contributed by atoms with E-state index in [1.165, 1.54) is 0 Å². The van der Waals surface area contributed by atoms with Crippen molar-refractivity contribution in [3.8, 4) is 28.5 Å². The number of phenolic OH excluding ortho intramolecular Hbond substituents is 3. The monoisotopic (exact) mass is 408 g/mol. The van der Waals surface area contributed by atoms with Crippen LogP contribution in [-0.4, -0.2) is 64.4 Å². The van der Waals surface area contributed by atoms with Crippen LogP contribution in [0.4, 0.5) is 0 Å². The molecule has 0 amide bonds. The number of fused-ring (bicyclic) bond motifs is 2. The highest BCUT2D eigenvalue weighted by Gasteiger charge is 2.22. The van der Waals surface area contributed by atoms with Crippen molar-refractivity contribution in [1.82, 2.24) is 20.2 Å². The summed E-state index contributed by atoms with van der Waals surface area (Å²) in [5, 5.41) is 36.8. The van der Waals surface area contributed by atoms with Crippen LogP contribution in [0.2, 0.25) is 0 Å². The van der Waals surface area contributed by atoms with Gasteiger partial charge in [0.15, 0.2) is 11.5 Å². The molecule has 0 spiro atoms. The van der Waals surface area contributed by atoms with Gasteiger partial charge in [0, 0.05) is 34.6 Å². The number of aromatic nitrogens is 2. The third-order valence-electron chi connectivity index (χ3n) is 5.63. The molecule has 0 atom stereocenters. The Labute approximate surface area is 175 Å². The van der Waals surface area contributed by atoms with Crippen LogP contribution < -0.4 is 5.32 Å². The molecule has 7 nitrogen and oxygen atoms in total. The molecule has 0 radical (unpaired) electrons. The normalized spacial score (nSPS) is 11.9. The first-order chi connectivity index (χ1) is 14.4. The second-order valence-corrected chi connectivity index (χ2v) is 7.94. The number of benzene rings is 2. The largest absolute Gasteiger partial charge is 0.507 e. The number of aromatic amines is 2. The number of nitrogens with one attached hydrogen (secondary N) is 3. The van der Waals surface area contributed by atoms with Gasteiger partial charge in [-0.25, -0.2) is 0 Å². The van der Waals surface area contributed by atoms with Gasteiger partial charge in [0.05, 0.1) is 11.2 Å². The molecule has 6 N–H and O–H groups in total. The Morgan fingerprint density at radius 3 is 2.53 bits per heavy atom. The lowest BCUT2D eigenvalue weighted by atomic mass is 9.98. The summed E-state index contributed by atoms with van der Waals surface area (Å²) >= 11 is 0. The lowest BCUT2D eigenvalue weighted by Gasteiger charge is -2.13. The molecule has 7 heteroatoms. The average molecular weight is 409 g/mol. The number of rotatable bonds is 7. The number of hydrogen-bond acceptors (Lipinski definition) is 5. The predicted octanol–water partition coefficient (Wildman–Crippen LogP) is 3.30. The molecular weight excluding hydrogens is 380 g/mol. The Bertz CT molecular complexity index is 1210. The van der Waals surface area contributed by atoms with Crippen LogP contribution in [0.15, 0.2) is 30.5 Å². The van der Waals surface area contributed by atoms with Gasteiger partial charge in [0.2, 0.25) is 0 Å². The lowest BCUT2D eigenvalue weighted by molar-refractivity contribution is 0.408. The van der Waals surface area contributed by atoms with Crippen LogP contribution in [0.5, 0.6) is 17.2 Å². The minimum atomic E-state index is -0.162. The van der Waals surface area contributed by atoms with Crippen molar-refractivity contribution in [2.75, 3.05) is 34.2 Å². The summed E-state index contributed by atoms with van der Waals surface area (Å²) in [7, 11) is 5.87. The highest BCUT2D eigenvalue weighted by Crippen LogP contribution is 2.46. The first-order valence-electron chi connectivity index (χ1n) is 10.1. The molecule has 0 aliphatic carbocycles. The molecule has 0 bridgehead atoms. The molecule has 0 saturated carbocycles. The van der Waals surface area contributed by atoms with Crippen molar-refractivity contribution < 1.29 is 15.3 Å². The van der Waals surface area contributed by atoms with Crippen LogP contribution in [-0.2, 0) is 12.8 Å². The van der Waals surface area contributed by atoms with Crippen molar-refractivity contribution in [2.45, 2.75) is 12.8 Å². The molecule has 0 aliphatic heterocycles. The Kier molecular flexibility index (Phi) is 5.32. The highest BCUT2D eigenvalue weighted by atomic mass is 16.3. The maximum atomic E-state index is 10.9. The van der Waals surface area contributed by atoms with E-state index in [0.717, 1.165) is 47.1 Å². The molecule has 2 aromatic heterocycles. The summed E-state index contributed by atoms with van der Waals surface area (Å²) in [6, 6.07) is 7.21. The molecule has 30 heavy (non-hydrogen) atoms. The number of nitrogens with zero attached hydrogens (tertiary/aromatic N) is 1. The van der Waals surface area contributed by atoms with Crippen molar-refractivity contribution in [3.05, 3.63) is 41.6 Å². The Morgan fingerprint density at radius 1 is 1.00 bits per heavy atom. The van der Waals surface area contributed by atoms with Gasteiger partial charge in [-0.2, -0.15) is 0 Å². The Balaban J connectivity index is 1.92. The van der Waals surface area contributed by atoms with E-state index < -0.39 is 0 Å². The summed E-state index contributed by atoms with van der Waals surface area (Å²) < 4.78 is 0. The first kappa shape index (κ1) is 20.1. The fraction of sp³-hybridized carbons (Fsp3) is 0.304. The van der Waals surface area contributed by atoms with E-state index in [1.807, 2.05) is 39.5 Å². The summed E-state index contributed by atoms with van der Waals surface area (Å²) in [6.45, 7) is 1.55. The van der Waals surface area contributed by atoms with Crippen LogP contribution in [0.1, 0.15) is 11.1 Å². The van der Waals surface area contributed by atoms with Gasteiger partial charge in [-0.05, 0) is 69.9 Å². The molecule has 2 aromatic carbocycles. The molecule has 4 rings (SSSR count). The van der Waals surface area contributed by atoms with Crippen molar-refractivity contribution in [3.63, 3.8) is 0 Å². The van der Waals surface area contributed by atoms with E-state index in [1.54, 1.807) is 12.1 Å². The van der Waals surface area contributed by atoms with Gasteiger partial charge in [-0.15, -0.1) is 0 Å². The zero-order valence-electron chi connectivity index (χ0n) is 17.5. The number of likely N-dealkylation sites (N-methyl/N-ethyl adjacent to an activating group) is 2. The molecule has 0 unspecified atom stereocenters. The summed E-state index contributed by atoms with van der Waals surface area (Å²) in [5.41, 5.74) is 4.61. The standard InChI is InChI=1S/C23H28N4O3/c1-24-9-7-13-12-25-17-11-15(22(29)23(30)19(13)17)21-14(8-10-27(2)3)20-16(26-21)5-4-6-18(20)28/h4-6,11-12,24-26,28-30H,7-10H2,1-3H3. The minimum Gasteiger partial charge on any atom is -0.507 e. The lowest BCUT2D eigenvalue weighted by Crippen LogP contribution is -2.15. The van der Waals surface area contributed by atoms with Crippen LogP contribution >= 0.6 is 0 Å². The van der Waals surface area contributed by atoms with Crippen molar-refractivity contribution in [2.24, 2.45) is 0 Å². The molecule has 4 aromatic rings. The quantitative estimate of drug-likeness (QED) is 0.263. The third kappa shape index (κ3) is 3.36. The van der Waals surface area contributed by atoms with E-state index in [9.17, 15) is 15.3 Å². The molecule has 0 saturated heterocycles. The number of aromatic hydroxyl groups is 3. The number of H-pyrrole nitrogens is 2. The van der Waals surface area contributed by atoms with Crippen LogP contribution in [0.3, 0.4) is 0 Å². The van der Waals surface area contributed by atoms with Crippen LogP contribution in [0, 0.1) is 0 Å². The van der Waals surface area contributed by atoms with E-state index in [4.69, 9.17) is 0 Å². The van der Waals surface area contributed by atoms with Gasteiger partial charge in [0.25, 0.3) is 0 Å². The van der Waals surface area contributed by atoms with E-state index in [-0.39, 0.29) is 17.2 Å². The molecular formula is C23H28N4O3. The van der Waals surface area contributed by atoms with Gasteiger partial charge in [0.1, 0.15) is 5.75 Å². The fourth-order valence-electron chi connectivity index (χ4n) is 4.09. The summed E-state index contributed by atoms with van der Waals surface area (Å²) in [5.74, 6) is -0.0935. The van der Waals surface area contributed by atoms with Gasteiger partial charge >= 0.3 is 0 Å². The van der Waals surface area contributed by atoms with Crippen molar-refractivity contribution in [1.29, 1.82) is 0 Å². The van der Waals surface area contributed by atoms with Gasteiger partial charge in [-0.1, -0.05) is 6.07 Å². The van der Waals surface area contributed by atoms with Crippen molar-refractivity contribution >= 4 is 21.8 Å². The van der Waals surface area contributed by atoms with E-state index >= 15 is 0 Å². The molecule has 0 aliphatic rings. The Hall–Kier alpha value is -3.16. The SMILES string of the molecule is CNCCc1c[nH]c2cc(-c3[nH]c4cccc(O)c4c3CCN(C)C)c(O)c(O)c12. The summed E-state index contributed by atoms with van der Waals surface area (Å²) in [4.78, 5) is 8.64. The van der Waals surface area contributed by atoms with Gasteiger partial charge in [-0.3, -0.25) is 0 Å². The highest BCUT2D eigenvalue weighted by molar-refractivity contribution is 6.01. The first-order valence-corrected chi connectivity index (χ1v) is 10.1. The number of phenols is 3. The molecule has 2 heterocycles. The maximum absolute atomic E-state index is 10.9. The molecule has 0 fully saturated rings. The van der Waals surface area contributed by atoms with E-state index in [2.05, 4.69) is 20.2 Å². The zero-order chi connectivity index (χ0) is 21.4. The predicted molar refractivity (Wildman–Crippen MR) is 120 cm³/mol. The zero-order valence-corrected chi connectivity index (χ0v) is 17.5. The van der Waals surface area contributed by atoms with Crippen LogP contribution in [0.25, 0.3) is 33.1 Å². The third-order valence-corrected chi connectivity index (χ3v) is 5.63. The second kappa shape index (κ2) is 7.93. The topological polar surface area (TPSA) is 108 Å². The smallest absolute Gasteiger partial charge is 0.168 e. The van der Waals surface area contributed by atoms with Gasteiger partial charge < -0.3 is 35.5 Å². The average Bonchev–Trinajstić information content (AvgIpc) is 3.29. The summed E-state index contributed by atoms with van der Waals surface area (Å²) in [6.07, 6.45) is 3.28. The second-order valence-electron chi connectivity index (χ2n) is 7.94. The number of hydrogen-bond donors (Lipinski definition) is 6.